The minimum Gasteiger partial charge on any atom is -0.412 e. The molecule has 3 aliphatic carbocycles. The van der Waals surface area contributed by atoms with Gasteiger partial charge in [-0.25, -0.2) is 4.39 Å². The molecule has 0 spiro atoms. The molecule has 0 aromatic heterocycles. The minimum atomic E-state index is -2.85. The number of hydrogen-bond donors (Lipinski definition) is 0. The third-order valence-electron chi connectivity index (χ3n) is 7.24. The topological polar surface area (TPSA) is 40.7 Å². The van der Waals surface area contributed by atoms with Crippen LogP contribution < -0.4 is 0 Å². The van der Waals surface area contributed by atoms with Crippen LogP contribution in [-0.2, 0) is 4.74 Å². The molecule has 0 saturated heterocycles. The summed E-state index contributed by atoms with van der Waals surface area (Å²) in [4.78, 5) is 0. The molecule has 0 aromatic rings. The van der Waals surface area contributed by atoms with E-state index in [0.29, 0.717) is 24.7 Å². The summed E-state index contributed by atoms with van der Waals surface area (Å²) >= 11 is 0. The Hall–Kier alpha value is -0.290. The number of halogens is 3. The van der Waals surface area contributed by atoms with E-state index in [2.05, 4.69) is 11.7 Å². The zero-order chi connectivity index (χ0) is 17.1. The summed E-state index contributed by atoms with van der Waals surface area (Å²) in [5.41, 5.74) is 0. The van der Waals surface area contributed by atoms with Crippen LogP contribution in [0.15, 0.2) is 0 Å². The molecule has 0 amide bonds. The summed E-state index contributed by atoms with van der Waals surface area (Å²) in [6.07, 6.45) is 10.3. The van der Waals surface area contributed by atoms with Crippen molar-refractivity contribution in [2.75, 3.05) is 0 Å². The van der Waals surface area contributed by atoms with Gasteiger partial charge in [0.15, 0.2) is 0 Å². The average Bonchev–Trinajstić information content (AvgIpc) is 2.57. The lowest BCUT2D eigenvalue weighted by molar-refractivity contribution is -0.190. The first-order valence-electron chi connectivity index (χ1n) is 10.1. The molecule has 3 unspecified atom stereocenters. The van der Waals surface area contributed by atoms with Crippen molar-refractivity contribution < 1.29 is 26.2 Å². The fourth-order valence-electron chi connectivity index (χ4n) is 5.68. The lowest BCUT2D eigenvalue weighted by Gasteiger charge is -2.41. The highest BCUT2D eigenvalue weighted by atomic mass is 19.3. The molecule has 3 saturated carbocycles. The third-order valence-corrected chi connectivity index (χ3v) is 7.24. The molecule has 3 aliphatic rings. The maximum atomic E-state index is 14.2. The zero-order valence-corrected chi connectivity index (χ0v) is 15.4. The van der Waals surface area contributed by atoms with Crippen molar-refractivity contribution >= 4 is 0 Å². The van der Waals surface area contributed by atoms with E-state index in [1.165, 1.54) is 51.4 Å². The van der Waals surface area contributed by atoms with E-state index in [9.17, 15) is 13.2 Å². The fraction of sp³-hybridized carbons (Fsp3) is 1.00. The minimum absolute atomic E-state index is 0. The molecule has 2 N–H and O–H groups in total. The lowest BCUT2D eigenvalue weighted by Crippen LogP contribution is -2.37. The van der Waals surface area contributed by atoms with Crippen LogP contribution >= 0.6 is 0 Å². The van der Waals surface area contributed by atoms with Crippen molar-refractivity contribution in [3.05, 3.63) is 0 Å². The van der Waals surface area contributed by atoms with Crippen molar-refractivity contribution in [3.8, 4) is 0 Å². The molecule has 152 valence electrons. The number of rotatable bonds is 4. The molecule has 3 atom stereocenters. The summed E-state index contributed by atoms with van der Waals surface area (Å²) in [6.45, 7) is -0.479. The highest BCUT2D eigenvalue weighted by Gasteiger charge is 2.38. The average molecular weight is 369 g/mol. The summed E-state index contributed by atoms with van der Waals surface area (Å²) < 4.78 is 43.2. The van der Waals surface area contributed by atoms with Crippen LogP contribution in [0.4, 0.5) is 13.2 Å². The first-order chi connectivity index (χ1) is 11.5. The van der Waals surface area contributed by atoms with Gasteiger partial charge in [-0.3, -0.25) is 0 Å². The molecule has 0 bridgehead atoms. The first kappa shape index (κ1) is 21.0. The van der Waals surface area contributed by atoms with Crippen LogP contribution in [0.3, 0.4) is 0 Å². The Bertz CT molecular complexity index is 387. The SMILES string of the molecule is CC1CCC(C2CCC(C3CCC(OC(F)F)C(F)C3)CC2)CC1.O.[HH].[HH]. The van der Waals surface area contributed by atoms with E-state index in [-0.39, 0.29) is 8.33 Å². The molecule has 3 rings (SSSR count). The maximum Gasteiger partial charge on any atom is 0.345 e. The van der Waals surface area contributed by atoms with Crippen molar-refractivity contribution in [2.45, 2.75) is 96.4 Å². The highest BCUT2D eigenvalue weighted by molar-refractivity contribution is 4.88. The Balaban J connectivity index is 0.00000225. The molecular weight excluding hydrogens is 329 g/mol. The van der Waals surface area contributed by atoms with E-state index in [1.54, 1.807) is 0 Å². The highest BCUT2D eigenvalue weighted by Crippen LogP contribution is 2.45. The maximum absolute atomic E-state index is 14.2. The van der Waals surface area contributed by atoms with Crippen LogP contribution in [0.1, 0.15) is 80.4 Å². The van der Waals surface area contributed by atoms with E-state index in [4.69, 9.17) is 0 Å². The van der Waals surface area contributed by atoms with Gasteiger partial charge >= 0.3 is 6.61 Å². The summed E-state index contributed by atoms with van der Waals surface area (Å²) in [6, 6.07) is 0. The molecule has 0 aliphatic heterocycles. The smallest absolute Gasteiger partial charge is 0.345 e. The first-order valence-corrected chi connectivity index (χ1v) is 10.1. The van der Waals surface area contributed by atoms with Crippen LogP contribution in [0.5, 0.6) is 0 Å². The molecule has 2 nitrogen and oxygen atoms in total. The van der Waals surface area contributed by atoms with Crippen LogP contribution in [-0.4, -0.2) is 24.4 Å². The standard InChI is InChI=1S/C20H33F3O.H2O.2H2/c1-13-2-4-14(5-3-13)15-6-8-16(9-7-15)17-10-11-19(18(21)12-17)24-20(22)23;;;/h13-20H,2-12H2,1H3;1H2;2*1H. The summed E-state index contributed by atoms with van der Waals surface area (Å²) in [5.74, 6) is 3.70. The Morgan fingerprint density at radius 3 is 1.68 bits per heavy atom. The number of hydrogen-bond acceptors (Lipinski definition) is 1. The number of ether oxygens (including phenoxy) is 1. The fourth-order valence-corrected chi connectivity index (χ4v) is 5.68. The Morgan fingerprint density at radius 2 is 1.20 bits per heavy atom. The van der Waals surface area contributed by atoms with Crippen LogP contribution in [0.2, 0.25) is 0 Å². The van der Waals surface area contributed by atoms with Gasteiger partial charge in [-0.1, -0.05) is 19.8 Å². The largest absolute Gasteiger partial charge is 0.412 e. The van der Waals surface area contributed by atoms with Crippen molar-refractivity contribution in [3.63, 3.8) is 0 Å². The summed E-state index contributed by atoms with van der Waals surface area (Å²) in [7, 11) is 0. The van der Waals surface area contributed by atoms with Gasteiger partial charge in [-0.05, 0) is 87.4 Å². The second-order valence-electron chi connectivity index (χ2n) is 8.72. The van der Waals surface area contributed by atoms with Gasteiger partial charge in [0, 0.05) is 2.85 Å². The van der Waals surface area contributed by atoms with E-state index >= 15 is 0 Å². The Labute approximate surface area is 153 Å². The Morgan fingerprint density at radius 1 is 0.760 bits per heavy atom. The van der Waals surface area contributed by atoms with E-state index in [0.717, 1.165) is 24.2 Å². The molecule has 0 aromatic carbocycles. The van der Waals surface area contributed by atoms with Gasteiger partial charge in [0.25, 0.3) is 0 Å². The van der Waals surface area contributed by atoms with Crippen LogP contribution in [0.25, 0.3) is 0 Å². The van der Waals surface area contributed by atoms with Crippen LogP contribution in [0, 0.1) is 29.6 Å². The predicted octanol–water partition coefficient (Wildman–Crippen LogP) is 6.03. The van der Waals surface area contributed by atoms with Gasteiger partial charge in [-0.15, -0.1) is 0 Å². The van der Waals surface area contributed by atoms with Gasteiger partial charge in [0.1, 0.15) is 6.17 Å². The molecule has 25 heavy (non-hydrogen) atoms. The Kier molecular flexibility index (Phi) is 8.06. The predicted molar refractivity (Wildman–Crippen MR) is 97.5 cm³/mol. The zero-order valence-electron chi connectivity index (χ0n) is 15.4. The molecule has 0 radical (unpaired) electrons. The van der Waals surface area contributed by atoms with Crippen molar-refractivity contribution in [2.24, 2.45) is 29.6 Å². The van der Waals surface area contributed by atoms with Crippen molar-refractivity contribution in [1.82, 2.24) is 0 Å². The molecule has 3 fully saturated rings. The van der Waals surface area contributed by atoms with Crippen molar-refractivity contribution in [1.29, 1.82) is 0 Å². The normalized spacial score (nSPS) is 42.8. The number of alkyl halides is 3. The third kappa shape index (κ3) is 5.59. The quantitative estimate of drug-likeness (QED) is 0.597. The lowest BCUT2D eigenvalue weighted by atomic mass is 9.65. The van der Waals surface area contributed by atoms with Gasteiger partial charge < -0.3 is 10.2 Å². The monoisotopic (exact) mass is 368 g/mol. The van der Waals surface area contributed by atoms with Gasteiger partial charge in [0.05, 0.1) is 6.10 Å². The second-order valence-corrected chi connectivity index (χ2v) is 8.72. The van der Waals surface area contributed by atoms with E-state index in [1.807, 2.05) is 0 Å². The molecule has 5 heteroatoms. The van der Waals surface area contributed by atoms with Gasteiger partial charge in [0.2, 0.25) is 0 Å². The summed E-state index contributed by atoms with van der Waals surface area (Å²) in [5, 5.41) is 0. The molecule has 0 heterocycles. The molecular formula is C20H39F3O2. The van der Waals surface area contributed by atoms with Gasteiger partial charge in [-0.2, -0.15) is 8.78 Å². The second kappa shape index (κ2) is 9.59. The van der Waals surface area contributed by atoms with E-state index < -0.39 is 18.9 Å².